The van der Waals surface area contributed by atoms with Gasteiger partial charge in [-0.15, -0.1) is 0 Å². The number of hydrogen-bond donors (Lipinski definition) is 2. The fraction of sp³-hybridized carbons (Fsp3) is 0.0714. The lowest BCUT2D eigenvalue weighted by Gasteiger charge is -2.11. The monoisotopic (exact) mass is 408 g/mol. The molecule has 24 heavy (non-hydrogen) atoms. The molecule has 0 bridgehead atoms. The quantitative estimate of drug-likeness (QED) is 0.791. The molecule has 0 aliphatic carbocycles. The molecule has 1 amide bonds. The Balaban J connectivity index is 1.99. The van der Waals surface area contributed by atoms with Gasteiger partial charge in [0.2, 0.25) is 10.0 Å². The average Bonchev–Trinajstić information content (AvgIpc) is 2.45. The van der Waals surface area contributed by atoms with Gasteiger partial charge in [0.15, 0.2) is 12.4 Å². The van der Waals surface area contributed by atoms with E-state index < -0.39 is 15.9 Å². The first-order valence-electron chi connectivity index (χ1n) is 6.37. The predicted octanol–water partition coefficient (Wildman–Crippen LogP) is 3.31. The smallest absolute Gasteiger partial charge is 0.262 e. The molecule has 0 spiro atoms. The Kier molecular flexibility index (Phi) is 5.95. The van der Waals surface area contributed by atoms with Crippen molar-refractivity contribution in [2.45, 2.75) is 4.90 Å². The molecule has 0 heterocycles. The van der Waals surface area contributed by atoms with Gasteiger partial charge in [-0.1, -0.05) is 34.8 Å². The zero-order chi connectivity index (χ0) is 17.9. The summed E-state index contributed by atoms with van der Waals surface area (Å²) in [4.78, 5) is 11.8. The summed E-state index contributed by atoms with van der Waals surface area (Å²) in [5.41, 5.74) is 0.379. The summed E-state index contributed by atoms with van der Waals surface area (Å²) in [6, 6.07) is 8.24. The van der Waals surface area contributed by atoms with E-state index in [0.29, 0.717) is 10.7 Å². The van der Waals surface area contributed by atoms with E-state index in [1.807, 2.05) is 0 Å². The van der Waals surface area contributed by atoms with Crippen molar-refractivity contribution < 1.29 is 17.9 Å². The van der Waals surface area contributed by atoms with E-state index in [0.717, 1.165) is 0 Å². The number of rotatable bonds is 5. The zero-order valence-corrected chi connectivity index (χ0v) is 15.0. The van der Waals surface area contributed by atoms with Gasteiger partial charge in [0.05, 0.1) is 14.9 Å². The van der Waals surface area contributed by atoms with Crippen LogP contribution in [0.2, 0.25) is 15.1 Å². The van der Waals surface area contributed by atoms with Crippen LogP contribution in [0.25, 0.3) is 0 Å². The van der Waals surface area contributed by atoms with Crippen molar-refractivity contribution in [3.05, 3.63) is 51.5 Å². The normalized spacial score (nSPS) is 11.2. The molecular weight excluding hydrogens is 399 g/mol. The predicted molar refractivity (Wildman–Crippen MR) is 93.4 cm³/mol. The van der Waals surface area contributed by atoms with E-state index >= 15 is 0 Å². The molecule has 0 atom stereocenters. The van der Waals surface area contributed by atoms with E-state index in [9.17, 15) is 13.2 Å². The van der Waals surface area contributed by atoms with Crippen LogP contribution >= 0.6 is 34.8 Å². The van der Waals surface area contributed by atoms with Crippen LogP contribution in [0.3, 0.4) is 0 Å². The van der Waals surface area contributed by atoms with Crippen molar-refractivity contribution in [2.75, 3.05) is 11.9 Å². The van der Waals surface area contributed by atoms with Gasteiger partial charge in [-0.3, -0.25) is 4.79 Å². The summed E-state index contributed by atoms with van der Waals surface area (Å²) in [5, 5.41) is 8.22. The van der Waals surface area contributed by atoms with Gasteiger partial charge in [0.25, 0.3) is 5.91 Å². The Bertz CT molecular complexity index is 847. The van der Waals surface area contributed by atoms with Gasteiger partial charge in [-0.25, -0.2) is 13.6 Å². The second-order valence-electron chi connectivity index (χ2n) is 4.60. The maximum atomic E-state index is 11.9. The average molecular weight is 410 g/mol. The summed E-state index contributed by atoms with van der Waals surface area (Å²) in [6.45, 7) is -0.349. The number of carbonyl (C=O) groups is 1. The highest BCUT2D eigenvalue weighted by atomic mass is 35.5. The topological polar surface area (TPSA) is 98.5 Å². The number of sulfonamides is 1. The van der Waals surface area contributed by atoms with Crippen LogP contribution in [-0.2, 0) is 14.8 Å². The van der Waals surface area contributed by atoms with Gasteiger partial charge in [0, 0.05) is 10.7 Å². The molecule has 0 aliphatic rings. The van der Waals surface area contributed by atoms with Crippen molar-refractivity contribution in [1.29, 1.82) is 0 Å². The van der Waals surface area contributed by atoms with Crippen molar-refractivity contribution >= 4 is 56.4 Å². The van der Waals surface area contributed by atoms with Crippen LogP contribution in [0.4, 0.5) is 5.69 Å². The summed E-state index contributed by atoms with van der Waals surface area (Å²) >= 11 is 17.7. The first kappa shape index (κ1) is 18.8. The fourth-order valence-electron chi connectivity index (χ4n) is 1.73. The molecule has 0 saturated carbocycles. The Hall–Kier alpha value is -1.51. The third kappa shape index (κ3) is 4.99. The molecule has 128 valence electrons. The molecule has 0 fully saturated rings. The van der Waals surface area contributed by atoms with E-state index in [2.05, 4.69) is 5.32 Å². The highest BCUT2D eigenvalue weighted by molar-refractivity contribution is 7.89. The van der Waals surface area contributed by atoms with Gasteiger partial charge in [-0.05, 0) is 36.4 Å². The van der Waals surface area contributed by atoms with E-state index in [-0.39, 0.29) is 27.3 Å². The van der Waals surface area contributed by atoms with E-state index in [1.54, 1.807) is 0 Å². The minimum atomic E-state index is -3.78. The largest absolute Gasteiger partial charge is 0.481 e. The Labute approximate surface area is 153 Å². The summed E-state index contributed by atoms with van der Waals surface area (Å²) in [5.74, 6) is -0.345. The Morgan fingerprint density at radius 1 is 1.08 bits per heavy atom. The van der Waals surface area contributed by atoms with E-state index in [1.165, 1.54) is 36.4 Å². The number of halogens is 3. The number of carbonyl (C=O) groups excluding carboxylic acids is 1. The highest BCUT2D eigenvalue weighted by Gasteiger charge is 2.12. The second-order valence-corrected chi connectivity index (χ2v) is 7.42. The highest BCUT2D eigenvalue weighted by Crippen LogP contribution is 2.35. The number of ether oxygens (including phenoxy) is 1. The summed E-state index contributed by atoms with van der Waals surface area (Å²) in [6.07, 6.45) is 0. The van der Waals surface area contributed by atoms with Gasteiger partial charge < -0.3 is 10.1 Å². The molecular formula is C14H11Cl3N2O4S. The lowest BCUT2D eigenvalue weighted by Crippen LogP contribution is -2.20. The lowest BCUT2D eigenvalue weighted by atomic mass is 10.3. The van der Waals surface area contributed by atoms with Crippen molar-refractivity contribution in [3.8, 4) is 5.75 Å². The van der Waals surface area contributed by atoms with E-state index in [4.69, 9.17) is 44.7 Å². The number of nitrogens with one attached hydrogen (secondary N) is 1. The number of hydrogen-bond acceptors (Lipinski definition) is 4. The summed E-state index contributed by atoms with van der Waals surface area (Å²) < 4.78 is 27.6. The zero-order valence-electron chi connectivity index (χ0n) is 11.9. The molecule has 2 aromatic rings. The van der Waals surface area contributed by atoms with Crippen LogP contribution < -0.4 is 15.2 Å². The fourth-order valence-corrected chi connectivity index (χ4v) is 3.17. The van der Waals surface area contributed by atoms with Crippen LogP contribution in [-0.4, -0.2) is 20.9 Å². The first-order chi connectivity index (χ1) is 11.2. The summed E-state index contributed by atoms with van der Waals surface area (Å²) in [7, 11) is -3.78. The number of anilines is 1. The van der Waals surface area contributed by atoms with Gasteiger partial charge >= 0.3 is 0 Å². The number of primary sulfonamides is 1. The molecule has 0 radical (unpaired) electrons. The minimum absolute atomic E-state index is 0.0588. The standard InChI is InChI=1S/C14H11Cl3N2O4S/c15-8-5-11(16)14(12(17)6-8)23-7-13(20)19-9-1-3-10(4-2-9)24(18,21)22/h1-6H,7H2,(H,19,20)(H2,18,21,22). The van der Waals surface area contributed by atoms with Crippen molar-refractivity contribution in [3.63, 3.8) is 0 Å². The molecule has 0 aromatic heterocycles. The minimum Gasteiger partial charge on any atom is -0.481 e. The molecule has 0 aliphatic heterocycles. The van der Waals surface area contributed by atoms with Gasteiger partial charge in [-0.2, -0.15) is 0 Å². The molecule has 2 rings (SSSR count). The third-order valence-corrected chi connectivity index (χ3v) is 4.49. The number of nitrogens with two attached hydrogens (primary N) is 1. The van der Waals surface area contributed by atoms with Gasteiger partial charge in [0.1, 0.15) is 0 Å². The molecule has 3 N–H and O–H groups in total. The maximum absolute atomic E-state index is 11.9. The molecule has 0 saturated heterocycles. The first-order valence-corrected chi connectivity index (χ1v) is 9.05. The number of amides is 1. The van der Waals surface area contributed by atoms with Crippen LogP contribution in [0.15, 0.2) is 41.3 Å². The SMILES string of the molecule is NS(=O)(=O)c1ccc(NC(=O)COc2c(Cl)cc(Cl)cc2Cl)cc1. The maximum Gasteiger partial charge on any atom is 0.262 e. The van der Waals surface area contributed by atoms with Crippen LogP contribution in [0.5, 0.6) is 5.75 Å². The van der Waals surface area contributed by atoms with Crippen LogP contribution in [0.1, 0.15) is 0 Å². The Morgan fingerprint density at radius 2 is 1.62 bits per heavy atom. The lowest BCUT2D eigenvalue weighted by molar-refractivity contribution is -0.118. The molecule has 6 nitrogen and oxygen atoms in total. The van der Waals surface area contributed by atoms with Crippen molar-refractivity contribution in [1.82, 2.24) is 0 Å². The molecule has 0 unspecified atom stereocenters. The Morgan fingerprint density at radius 3 is 2.12 bits per heavy atom. The third-order valence-electron chi connectivity index (χ3n) is 2.78. The van der Waals surface area contributed by atoms with Crippen molar-refractivity contribution in [2.24, 2.45) is 5.14 Å². The number of benzene rings is 2. The second kappa shape index (κ2) is 7.58. The molecule has 10 heteroatoms. The molecule has 2 aromatic carbocycles. The van der Waals surface area contributed by atoms with Crippen LogP contribution in [0, 0.1) is 0 Å².